The fraction of sp³-hybridized carbons (Fsp3) is 0.375. The molecule has 1 fully saturated rings. The van der Waals surface area contributed by atoms with Crippen LogP contribution in [0.2, 0.25) is 5.15 Å². The number of ether oxygens (including phenoxy) is 2. The Hall–Kier alpha value is -1.65. The van der Waals surface area contributed by atoms with Crippen LogP contribution in [0, 0.1) is 5.92 Å². The fourth-order valence-corrected chi connectivity index (χ4v) is 2.72. The van der Waals surface area contributed by atoms with Crippen LogP contribution in [-0.4, -0.2) is 30.8 Å². The molecule has 0 atom stereocenters. The summed E-state index contributed by atoms with van der Waals surface area (Å²) in [4.78, 5) is 16.3. The van der Waals surface area contributed by atoms with Crippen molar-refractivity contribution in [2.75, 3.05) is 19.8 Å². The first kappa shape index (κ1) is 14.3. The quantitative estimate of drug-likeness (QED) is 0.643. The van der Waals surface area contributed by atoms with Crippen molar-refractivity contribution in [1.82, 2.24) is 4.98 Å². The van der Waals surface area contributed by atoms with Gasteiger partial charge >= 0.3 is 5.97 Å². The molecule has 4 nitrogen and oxygen atoms in total. The number of aromatic nitrogens is 1. The molecule has 0 amide bonds. The highest BCUT2D eigenvalue weighted by atomic mass is 35.5. The van der Waals surface area contributed by atoms with Gasteiger partial charge < -0.3 is 9.47 Å². The van der Waals surface area contributed by atoms with Crippen LogP contribution >= 0.6 is 11.6 Å². The van der Waals surface area contributed by atoms with Crippen molar-refractivity contribution in [3.8, 4) is 0 Å². The summed E-state index contributed by atoms with van der Waals surface area (Å²) in [6, 6.07) is 7.44. The molecule has 0 bridgehead atoms. The first-order chi connectivity index (χ1) is 10.3. The predicted octanol–water partition coefficient (Wildman–Crippen LogP) is 3.47. The Morgan fingerprint density at radius 3 is 2.76 bits per heavy atom. The third-order valence-corrected chi connectivity index (χ3v) is 4.06. The number of rotatable bonds is 3. The Kier molecular flexibility index (Phi) is 4.36. The van der Waals surface area contributed by atoms with Gasteiger partial charge in [-0.2, -0.15) is 0 Å². The molecule has 1 aromatic heterocycles. The maximum atomic E-state index is 12.3. The SMILES string of the molecule is O=C(OCC1CCOCC1)c1cnc(Cl)c2ccccc12. The first-order valence-electron chi connectivity index (χ1n) is 7.04. The highest BCUT2D eigenvalue weighted by Gasteiger charge is 2.18. The smallest absolute Gasteiger partial charge is 0.340 e. The lowest BCUT2D eigenvalue weighted by atomic mass is 10.0. The summed E-state index contributed by atoms with van der Waals surface area (Å²) in [5.41, 5.74) is 0.460. The number of nitrogens with zero attached hydrogens (tertiary/aromatic N) is 1. The van der Waals surface area contributed by atoms with E-state index < -0.39 is 0 Å². The zero-order chi connectivity index (χ0) is 14.7. The summed E-state index contributed by atoms with van der Waals surface area (Å²) in [7, 11) is 0. The zero-order valence-electron chi connectivity index (χ0n) is 11.5. The molecule has 5 heteroatoms. The normalized spacial score (nSPS) is 16.0. The molecular weight excluding hydrogens is 290 g/mol. The van der Waals surface area contributed by atoms with E-state index in [0.717, 1.165) is 36.8 Å². The van der Waals surface area contributed by atoms with Crippen LogP contribution in [0.1, 0.15) is 23.2 Å². The molecule has 0 saturated carbocycles. The molecule has 1 aromatic carbocycles. The molecule has 0 spiro atoms. The van der Waals surface area contributed by atoms with Crippen LogP contribution in [0.15, 0.2) is 30.5 Å². The Morgan fingerprint density at radius 2 is 2.00 bits per heavy atom. The molecule has 1 aliphatic rings. The molecule has 110 valence electrons. The van der Waals surface area contributed by atoms with Crippen LogP contribution in [0.25, 0.3) is 10.8 Å². The van der Waals surface area contributed by atoms with E-state index in [0.29, 0.717) is 23.2 Å². The van der Waals surface area contributed by atoms with E-state index in [9.17, 15) is 4.79 Å². The number of fused-ring (bicyclic) bond motifs is 1. The van der Waals surface area contributed by atoms with E-state index in [2.05, 4.69) is 4.98 Å². The highest BCUT2D eigenvalue weighted by molar-refractivity contribution is 6.34. The summed E-state index contributed by atoms with van der Waals surface area (Å²) >= 11 is 6.06. The van der Waals surface area contributed by atoms with E-state index in [1.165, 1.54) is 6.20 Å². The van der Waals surface area contributed by atoms with Gasteiger partial charge in [0.05, 0.1) is 12.2 Å². The van der Waals surface area contributed by atoms with Crippen molar-refractivity contribution in [2.24, 2.45) is 5.92 Å². The lowest BCUT2D eigenvalue weighted by Crippen LogP contribution is -2.22. The molecule has 2 heterocycles. The van der Waals surface area contributed by atoms with Crippen molar-refractivity contribution in [1.29, 1.82) is 0 Å². The Balaban J connectivity index is 1.77. The second-order valence-electron chi connectivity index (χ2n) is 5.16. The van der Waals surface area contributed by atoms with Crippen LogP contribution in [-0.2, 0) is 9.47 Å². The van der Waals surface area contributed by atoms with Crippen molar-refractivity contribution >= 4 is 28.3 Å². The standard InChI is InChI=1S/C16H16ClNO3/c17-15-13-4-2-1-3-12(13)14(9-18-15)16(19)21-10-11-5-7-20-8-6-11/h1-4,9,11H,5-8,10H2. The van der Waals surface area contributed by atoms with Gasteiger partial charge in [0.15, 0.2) is 0 Å². The minimum absolute atomic E-state index is 0.346. The van der Waals surface area contributed by atoms with E-state index in [1.54, 1.807) is 0 Å². The van der Waals surface area contributed by atoms with Gasteiger partial charge in [-0.25, -0.2) is 9.78 Å². The second kappa shape index (κ2) is 6.41. The molecule has 0 radical (unpaired) electrons. The van der Waals surface area contributed by atoms with Gasteiger partial charge in [-0.1, -0.05) is 35.9 Å². The number of hydrogen-bond donors (Lipinski definition) is 0. The third kappa shape index (κ3) is 3.17. The summed E-state index contributed by atoms with van der Waals surface area (Å²) in [6.07, 6.45) is 3.36. The topological polar surface area (TPSA) is 48.4 Å². The molecule has 0 unspecified atom stereocenters. The van der Waals surface area contributed by atoms with E-state index >= 15 is 0 Å². The van der Waals surface area contributed by atoms with E-state index in [1.807, 2.05) is 24.3 Å². The lowest BCUT2D eigenvalue weighted by molar-refractivity contribution is 0.0187. The third-order valence-electron chi connectivity index (χ3n) is 3.76. The van der Waals surface area contributed by atoms with Crippen molar-refractivity contribution in [3.63, 3.8) is 0 Å². The molecule has 1 aliphatic heterocycles. The molecule has 21 heavy (non-hydrogen) atoms. The number of esters is 1. The lowest BCUT2D eigenvalue weighted by Gasteiger charge is -2.21. The summed E-state index contributed by atoms with van der Waals surface area (Å²) in [6.45, 7) is 1.92. The molecule has 1 saturated heterocycles. The number of hydrogen-bond acceptors (Lipinski definition) is 4. The van der Waals surface area contributed by atoms with E-state index in [-0.39, 0.29) is 5.97 Å². The van der Waals surface area contributed by atoms with Gasteiger partial charge in [0.1, 0.15) is 5.15 Å². The van der Waals surface area contributed by atoms with Gasteiger partial charge in [0, 0.05) is 30.2 Å². The number of carbonyl (C=O) groups excluding carboxylic acids is 1. The largest absolute Gasteiger partial charge is 0.462 e. The summed E-state index contributed by atoms with van der Waals surface area (Å²) in [5.74, 6) is 0.0380. The zero-order valence-corrected chi connectivity index (χ0v) is 12.3. The highest BCUT2D eigenvalue weighted by Crippen LogP contribution is 2.25. The molecule has 2 aromatic rings. The second-order valence-corrected chi connectivity index (χ2v) is 5.52. The molecule has 3 rings (SSSR count). The summed E-state index contributed by atoms with van der Waals surface area (Å²) in [5, 5.41) is 1.93. The number of benzene rings is 1. The average Bonchev–Trinajstić information content (AvgIpc) is 2.54. The minimum Gasteiger partial charge on any atom is -0.462 e. The average molecular weight is 306 g/mol. The molecule has 0 N–H and O–H groups in total. The molecule has 0 aliphatic carbocycles. The van der Waals surface area contributed by atoms with Crippen molar-refractivity contribution in [2.45, 2.75) is 12.8 Å². The molecular formula is C16H16ClNO3. The van der Waals surface area contributed by atoms with Crippen LogP contribution < -0.4 is 0 Å². The Labute approximate surface area is 128 Å². The van der Waals surface area contributed by atoms with Crippen molar-refractivity contribution in [3.05, 3.63) is 41.2 Å². The monoisotopic (exact) mass is 305 g/mol. The van der Waals surface area contributed by atoms with Gasteiger partial charge in [0.2, 0.25) is 0 Å². The summed E-state index contributed by atoms with van der Waals surface area (Å²) < 4.78 is 10.7. The van der Waals surface area contributed by atoms with Crippen LogP contribution in [0.4, 0.5) is 0 Å². The number of carbonyl (C=O) groups is 1. The fourth-order valence-electron chi connectivity index (χ4n) is 2.51. The first-order valence-corrected chi connectivity index (χ1v) is 7.41. The predicted molar refractivity (Wildman–Crippen MR) is 80.6 cm³/mol. The van der Waals surface area contributed by atoms with Crippen molar-refractivity contribution < 1.29 is 14.3 Å². The van der Waals surface area contributed by atoms with Gasteiger partial charge in [-0.3, -0.25) is 0 Å². The maximum Gasteiger partial charge on any atom is 0.340 e. The van der Waals surface area contributed by atoms with Gasteiger partial charge in [-0.05, 0) is 18.8 Å². The van der Waals surface area contributed by atoms with Gasteiger partial charge in [0.25, 0.3) is 0 Å². The van der Waals surface area contributed by atoms with Gasteiger partial charge in [-0.15, -0.1) is 0 Å². The van der Waals surface area contributed by atoms with Crippen LogP contribution in [0.3, 0.4) is 0 Å². The number of halogens is 1. The number of pyridine rings is 1. The van der Waals surface area contributed by atoms with E-state index in [4.69, 9.17) is 21.1 Å². The Morgan fingerprint density at radius 1 is 1.29 bits per heavy atom. The maximum absolute atomic E-state index is 12.3. The minimum atomic E-state index is -0.346. The van der Waals surface area contributed by atoms with Crippen LogP contribution in [0.5, 0.6) is 0 Å². The Bertz CT molecular complexity index is 653.